The van der Waals surface area contributed by atoms with Crippen molar-refractivity contribution in [2.75, 3.05) is 26.2 Å². The van der Waals surface area contributed by atoms with Crippen molar-refractivity contribution in [2.24, 2.45) is 4.99 Å². The second kappa shape index (κ2) is 11.5. The van der Waals surface area contributed by atoms with Crippen LogP contribution in [0.4, 0.5) is 13.2 Å². The number of hydrogen-bond acceptors (Lipinski definition) is 4. The van der Waals surface area contributed by atoms with Gasteiger partial charge in [-0.3, -0.25) is 9.79 Å². The number of guanidine groups is 1. The van der Waals surface area contributed by atoms with Gasteiger partial charge in [-0.2, -0.15) is 17.5 Å². The van der Waals surface area contributed by atoms with E-state index in [1.54, 1.807) is 0 Å². The zero-order valence-electron chi connectivity index (χ0n) is 16.3. The first-order valence-corrected chi connectivity index (χ1v) is 11.0. The normalized spacial score (nSPS) is 19.4. The molecule has 2 rings (SSSR count). The summed E-state index contributed by atoms with van der Waals surface area (Å²) in [6.45, 7) is 2.54. The molecule has 0 unspecified atom stereocenters. The minimum atomic E-state index is -5.27. The topological polar surface area (TPSA) is 103 Å². The van der Waals surface area contributed by atoms with E-state index in [0.29, 0.717) is 42.2 Å². The van der Waals surface area contributed by atoms with E-state index >= 15 is 0 Å². The van der Waals surface area contributed by atoms with Crippen molar-refractivity contribution >= 4 is 45.9 Å². The van der Waals surface area contributed by atoms with E-state index in [2.05, 4.69) is 20.9 Å². The lowest BCUT2D eigenvalue weighted by molar-refractivity contribution is -0.121. The van der Waals surface area contributed by atoms with Crippen LogP contribution in [-0.2, 0) is 14.8 Å². The number of sulfonamides is 1. The molecule has 0 spiro atoms. The van der Waals surface area contributed by atoms with Crippen molar-refractivity contribution in [3.8, 4) is 0 Å². The number of nitrogens with one attached hydrogen (secondary N) is 3. The Balaban J connectivity index is 0.00000420. The van der Waals surface area contributed by atoms with Crippen LogP contribution >= 0.6 is 24.0 Å². The Morgan fingerprint density at radius 1 is 1.10 bits per heavy atom. The van der Waals surface area contributed by atoms with Gasteiger partial charge >= 0.3 is 15.5 Å². The summed E-state index contributed by atoms with van der Waals surface area (Å²) in [5, 5.41) is 9.09. The van der Waals surface area contributed by atoms with Crippen LogP contribution in [-0.4, -0.2) is 68.4 Å². The number of rotatable bonds is 8. The van der Waals surface area contributed by atoms with E-state index in [1.807, 2.05) is 6.92 Å². The van der Waals surface area contributed by atoms with Gasteiger partial charge in [-0.1, -0.05) is 0 Å². The summed E-state index contributed by atoms with van der Waals surface area (Å²) in [4.78, 5) is 16.0. The Hall–Kier alpha value is -0.830. The van der Waals surface area contributed by atoms with Gasteiger partial charge in [-0.15, -0.1) is 24.0 Å². The zero-order chi connectivity index (χ0) is 20.8. The van der Waals surface area contributed by atoms with E-state index in [0.717, 1.165) is 12.8 Å². The number of hydrogen-bond donors (Lipinski definition) is 3. The van der Waals surface area contributed by atoms with Gasteiger partial charge in [0.15, 0.2) is 5.96 Å². The molecule has 1 saturated carbocycles. The molecular weight excluding hydrogens is 526 g/mol. The van der Waals surface area contributed by atoms with Crippen LogP contribution in [0.15, 0.2) is 4.99 Å². The molecule has 1 aliphatic carbocycles. The minimum Gasteiger partial charge on any atom is -0.357 e. The van der Waals surface area contributed by atoms with E-state index in [9.17, 15) is 26.4 Å². The summed E-state index contributed by atoms with van der Waals surface area (Å²) in [6.07, 6.45) is 3.58. The van der Waals surface area contributed by atoms with Crippen molar-refractivity contribution in [2.45, 2.75) is 63.0 Å². The summed E-state index contributed by atoms with van der Waals surface area (Å²) < 4.78 is 61.3. The largest absolute Gasteiger partial charge is 0.511 e. The molecule has 2 aliphatic rings. The maximum Gasteiger partial charge on any atom is 0.511 e. The third-order valence-electron chi connectivity index (χ3n) is 4.55. The molecule has 0 aromatic heterocycles. The number of carbonyl (C=O) groups is 1. The Bertz CT molecular complexity index is 663. The van der Waals surface area contributed by atoms with Crippen LogP contribution in [0, 0.1) is 0 Å². The van der Waals surface area contributed by atoms with E-state index in [4.69, 9.17) is 0 Å². The third kappa shape index (κ3) is 8.44. The number of carbonyl (C=O) groups excluding carboxylic acids is 1. The maximum atomic E-state index is 12.6. The monoisotopic (exact) mass is 555 g/mol. The number of aliphatic imine (C=N–C) groups is 1. The standard InChI is InChI=1S/C16H28F3N5O3S.HI/c1-2-20-15(21-9-3-4-14(25)22-12-5-6-12)23-13-7-10-24(11-8-13)28(26,27)16(17,18)19;/h12-13H,2-11H2,1H3,(H,22,25)(H2,20,21,23);1H. The minimum absolute atomic E-state index is 0. The molecule has 0 atom stereocenters. The van der Waals surface area contributed by atoms with E-state index < -0.39 is 15.5 Å². The quantitative estimate of drug-likeness (QED) is 0.183. The lowest BCUT2D eigenvalue weighted by atomic mass is 10.1. The van der Waals surface area contributed by atoms with Crippen LogP contribution in [0.1, 0.15) is 45.4 Å². The predicted molar refractivity (Wildman–Crippen MR) is 114 cm³/mol. The molecule has 1 amide bonds. The van der Waals surface area contributed by atoms with Crippen LogP contribution in [0.2, 0.25) is 0 Å². The zero-order valence-corrected chi connectivity index (χ0v) is 19.4. The summed E-state index contributed by atoms with van der Waals surface area (Å²) in [7, 11) is -5.27. The second-order valence-electron chi connectivity index (χ2n) is 6.97. The summed E-state index contributed by atoms with van der Waals surface area (Å²) in [6, 6.07) is 0.165. The van der Waals surface area contributed by atoms with Crippen molar-refractivity contribution in [1.82, 2.24) is 20.3 Å². The van der Waals surface area contributed by atoms with Gasteiger partial charge < -0.3 is 16.0 Å². The molecular formula is C16H29F3IN5O3S. The first kappa shape index (κ1) is 26.2. The molecule has 170 valence electrons. The van der Waals surface area contributed by atoms with Gasteiger partial charge in [0.2, 0.25) is 5.91 Å². The Morgan fingerprint density at radius 3 is 2.21 bits per heavy atom. The number of nitrogens with zero attached hydrogens (tertiary/aromatic N) is 2. The SMILES string of the molecule is CCNC(=NCCCC(=O)NC1CC1)NC1CCN(S(=O)(=O)C(F)(F)F)CC1.I. The summed E-state index contributed by atoms with van der Waals surface area (Å²) >= 11 is 0. The van der Waals surface area contributed by atoms with Crippen LogP contribution in [0.5, 0.6) is 0 Å². The second-order valence-corrected chi connectivity index (χ2v) is 8.90. The highest BCUT2D eigenvalue weighted by Gasteiger charge is 2.50. The van der Waals surface area contributed by atoms with Gasteiger partial charge in [-0.25, -0.2) is 8.42 Å². The fraction of sp³-hybridized carbons (Fsp3) is 0.875. The van der Waals surface area contributed by atoms with Crippen LogP contribution in [0.3, 0.4) is 0 Å². The first-order valence-electron chi connectivity index (χ1n) is 9.54. The molecule has 29 heavy (non-hydrogen) atoms. The van der Waals surface area contributed by atoms with Crippen molar-refractivity contribution in [3.05, 3.63) is 0 Å². The first-order chi connectivity index (χ1) is 13.1. The van der Waals surface area contributed by atoms with Gasteiger partial charge in [-0.05, 0) is 39.0 Å². The molecule has 2 fully saturated rings. The molecule has 0 aromatic carbocycles. The smallest absolute Gasteiger partial charge is 0.357 e. The number of alkyl halides is 3. The lowest BCUT2D eigenvalue weighted by Gasteiger charge is -2.32. The molecule has 0 bridgehead atoms. The highest BCUT2D eigenvalue weighted by atomic mass is 127. The Kier molecular flexibility index (Phi) is 10.4. The molecule has 0 aromatic rings. The fourth-order valence-corrected chi connectivity index (χ4v) is 3.84. The van der Waals surface area contributed by atoms with Crippen LogP contribution < -0.4 is 16.0 Å². The molecule has 13 heteroatoms. The van der Waals surface area contributed by atoms with E-state index in [1.165, 1.54) is 0 Å². The van der Waals surface area contributed by atoms with E-state index in [-0.39, 0.29) is 61.9 Å². The van der Waals surface area contributed by atoms with Crippen molar-refractivity contribution < 1.29 is 26.4 Å². The predicted octanol–water partition coefficient (Wildman–Crippen LogP) is 1.53. The Morgan fingerprint density at radius 2 is 1.69 bits per heavy atom. The maximum absolute atomic E-state index is 12.6. The molecule has 8 nitrogen and oxygen atoms in total. The third-order valence-corrected chi connectivity index (χ3v) is 6.18. The number of halogens is 4. The van der Waals surface area contributed by atoms with Gasteiger partial charge in [0.25, 0.3) is 0 Å². The highest BCUT2D eigenvalue weighted by molar-refractivity contribution is 14.0. The number of piperidine rings is 1. The average Bonchev–Trinajstić information content (AvgIpc) is 3.42. The molecule has 1 saturated heterocycles. The number of amides is 1. The van der Waals surface area contributed by atoms with Crippen molar-refractivity contribution in [1.29, 1.82) is 0 Å². The van der Waals surface area contributed by atoms with Gasteiger partial charge in [0, 0.05) is 44.7 Å². The Labute approximate surface area is 186 Å². The molecule has 1 aliphatic heterocycles. The van der Waals surface area contributed by atoms with Gasteiger partial charge in [0.1, 0.15) is 0 Å². The average molecular weight is 555 g/mol. The van der Waals surface area contributed by atoms with Crippen molar-refractivity contribution in [3.63, 3.8) is 0 Å². The molecule has 0 radical (unpaired) electrons. The molecule has 1 heterocycles. The lowest BCUT2D eigenvalue weighted by Crippen LogP contribution is -2.51. The fourth-order valence-electron chi connectivity index (χ4n) is 2.86. The highest BCUT2D eigenvalue weighted by Crippen LogP contribution is 2.28. The molecule has 3 N–H and O–H groups in total. The summed E-state index contributed by atoms with van der Waals surface area (Å²) in [5.74, 6) is 0.538. The van der Waals surface area contributed by atoms with Gasteiger partial charge in [0.05, 0.1) is 0 Å². The summed E-state index contributed by atoms with van der Waals surface area (Å²) in [5.41, 5.74) is -5.27. The van der Waals surface area contributed by atoms with Crippen LogP contribution in [0.25, 0.3) is 0 Å².